The summed E-state index contributed by atoms with van der Waals surface area (Å²) in [5, 5.41) is 19.7. The van der Waals surface area contributed by atoms with Crippen LogP contribution in [0.5, 0.6) is 11.5 Å². The van der Waals surface area contributed by atoms with E-state index in [2.05, 4.69) is 24.8 Å². The van der Waals surface area contributed by atoms with Gasteiger partial charge in [-0.2, -0.15) is 0 Å². The molecule has 2 aromatic rings. The molecule has 4 unspecified atom stereocenters. The van der Waals surface area contributed by atoms with Crippen LogP contribution in [0.1, 0.15) is 62.6 Å². The molecular formula is C29H39NO6. The lowest BCUT2D eigenvalue weighted by molar-refractivity contribution is -0.195. The van der Waals surface area contributed by atoms with Crippen LogP contribution < -0.4 is 9.47 Å². The maximum absolute atomic E-state index is 11.5. The highest BCUT2D eigenvalue weighted by Crippen LogP contribution is 2.40. The molecule has 4 atom stereocenters. The van der Waals surface area contributed by atoms with Crippen LogP contribution in [0.4, 0.5) is 0 Å². The van der Waals surface area contributed by atoms with E-state index in [1.807, 2.05) is 36.4 Å². The van der Waals surface area contributed by atoms with E-state index in [0.29, 0.717) is 24.1 Å². The minimum Gasteiger partial charge on any atom is -0.485 e. The van der Waals surface area contributed by atoms with Gasteiger partial charge in [-0.3, -0.25) is 0 Å². The van der Waals surface area contributed by atoms with Gasteiger partial charge in [-0.05, 0) is 62.4 Å². The molecule has 0 amide bonds. The number of rotatable bonds is 11. The molecule has 0 aromatic heterocycles. The van der Waals surface area contributed by atoms with Gasteiger partial charge in [0.25, 0.3) is 0 Å². The van der Waals surface area contributed by atoms with Crippen LogP contribution in [0.2, 0.25) is 0 Å². The number of fused-ring (bicyclic) bond motifs is 1. The Morgan fingerprint density at radius 3 is 2.53 bits per heavy atom. The molecule has 1 saturated heterocycles. The molecule has 1 aliphatic carbocycles. The van der Waals surface area contributed by atoms with Crippen LogP contribution in [0.3, 0.4) is 0 Å². The van der Waals surface area contributed by atoms with Gasteiger partial charge in [-0.25, -0.2) is 4.79 Å². The molecule has 4 rings (SSSR count). The summed E-state index contributed by atoms with van der Waals surface area (Å²) < 4.78 is 18.3. The highest BCUT2D eigenvalue weighted by Gasteiger charge is 2.35. The molecule has 0 spiro atoms. The lowest BCUT2D eigenvalue weighted by Crippen LogP contribution is -2.43. The molecule has 36 heavy (non-hydrogen) atoms. The molecule has 0 bridgehead atoms. The van der Waals surface area contributed by atoms with Crippen molar-refractivity contribution < 1.29 is 29.2 Å². The summed E-state index contributed by atoms with van der Waals surface area (Å²) in [7, 11) is 0. The van der Waals surface area contributed by atoms with Crippen molar-refractivity contribution in [3.8, 4) is 11.5 Å². The second kappa shape index (κ2) is 12.6. The molecular weight excluding hydrogens is 458 g/mol. The summed E-state index contributed by atoms with van der Waals surface area (Å²) in [6.07, 6.45) is 2.63. The number of carbonyl (C=O) groups is 1. The summed E-state index contributed by atoms with van der Waals surface area (Å²) in [5.74, 6) is 0.140. The Balaban J connectivity index is 1.60. The third-order valence-electron chi connectivity index (χ3n) is 7.07. The van der Waals surface area contributed by atoms with Crippen LogP contribution >= 0.6 is 0 Å². The van der Waals surface area contributed by atoms with E-state index < -0.39 is 24.5 Å². The first-order valence-corrected chi connectivity index (χ1v) is 13.3. The van der Waals surface area contributed by atoms with Crippen LogP contribution in [0.15, 0.2) is 42.5 Å². The van der Waals surface area contributed by atoms with Gasteiger partial charge in [0, 0.05) is 24.4 Å². The predicted octanol–water partition coefficient (Wildman–Crippen LogP) is 4.57. The third-order valence-corrected chi connectivity index (χ3v) is 7.07. The van der Waals surface area contributed by atoms with Gasteiger partial charge in [0.1, 0.15) is 6.61 Å². The number of hydrogen-bond acceptors (Lipinski definition) is 6. The summed E-state index contributed by atoms with van der Waals surface area (Å²) in [4.78, 5) is 14.1. The van der Waals surface area contributed by atoms with E-state index in [0.717, 1.165) is 56.3 Å². The number of aliphatic hydroxyl groups excluding tert-OH is 1. The fraction of sp³-hybridized carbons (Fsp3) is 0.552. The molecule has 196 valence electrons. The van der Waals surface area contributed by atoms with Crippen molar-refractivity contribution in [2.75, 3.05) is 13.1 Å². The molecule has 0 radical (unpaired) electrons. The Morgan fingerprint density at radius 1 is 1.08 bits per heavy atom. The van der Waals surface area contributed by atoms with Gasteiger partial charge in [0.15, 0.2) is 17.6 Å². The number of carboxylic acid groups (broad SMARTS) is 1. The summed E-state index contributed by atoms with van der Waals surface area (Å²) >= 11 is 0. The Hall–Kier alpha value is -2.61. The molecule has 2 aromatic carbocycles. The zero-order chi connectivity index (χ0) is 25.5. The van der Waals surface area contributed by atoms with Crippen LogP contribution in [0, 0.1) is 0 Å². The van der Waals surface area contributed by atoms with Crippen LogP contribution in [-0.4, -0.2) is 58.7 Å². The zero-order valence-corrected chi connectivity index (χ0v) is 21.4. The maximum Gasteiger partial charge on any atom is 0.333 e. The third kappa shape index (κ3) is 6.58. The molecule has 1 heterocycles. The van der Waals surface area contributed by atoms with E-state index in [-0.39, 0.29) is 12.8 Å². The molecule has 0 saturated carbocycles. The van der Waals surface area contributed by atoms with Crippen molar-refractivity contribution in [2.45, 2.75) is 89.9 Å². The highest BCUT2D eigenvalue weighted by molar-refractivity contribution is 5.72. The molecule has 1 aliphatic heterocycles. The lowest BCUT2D eigenvalue weighted by Gasteiger charge is -2.37. The van der Waals surface area contributed by atoms with Gasteiger partial charge in [0.05, 0.1) is 6.10 Å². The van der Waals surface area contributed by atoms with Crippen molar-refractivity contribution in [1.29, 1.82) is 0 Å². The molecule has 2 N–H and O–H groups in total. The fourth-order valence-corrected chi connectivity index (χ4v) is 5.35. The Kier molecular flexibility index (Phi) is 9.24. The number of benzene rings is 2. The second-order valence-electron chi connectivity index (χ2n) is 9.87. The van der Waals surface area contributed by atoms with E-state index in [9.17, 15) is 15.0 Å². The molecule has 7 nitrogen and oxygen atoms in total. The van der Waals surface area contributed by atoms with E-state index in [1.165, 1.54) is 5.56 Å². The average Bonchev–Trinajstić information content (AvgIpc) is 2.88. The minimum absolute atomic E-state index is 0.0613. The number of carboxylic acids is 1. The van der Waals surface area contributed by atoms with Crippen molar-refractivity contribution in [3.05, 3.63) is 59.2 Å². The van der Waals surface area contributed by atoms with Gasteiger partial charge >= 0.3 is 5.97 Å². The Bertz CT molecular complexity index is 991. The van der Waals surface area contributed by atoms with Gasteiger partial charge in [-0.1, -0.05) is 50.2 Å². The molecule has 1 fully saturated rings. The number of ether oxygens (including phenoxy) is 3. The minimum atomic E-state index is -1.09. The topological polar surface area (TPSA) is 88.5 Å². The molecule has 2 aliphatic rings. The lowest BCUT2D eigenvalue weighted by atomic mass is 9.86. The summed E-state index contributed by atoms with van der Waals surface area (Å²) in [6.45, 7) is 7.04. The Morgan fingerprint density at radius 2 is 1.83 bits per heavy atom. The molecule has 7 heteroatoms. The first-order valence-electron chi connectivity index (χ1n) is 13.3. The SMILES string of the molecule is CCCN(CCC)C1CCc2c(ccc(OCc3ccccc3)c2OC2CC(O)CC(C(=O)O)O2)C1. The van der Waals surface area contributed by atoms with Gasteiger partial charge in [0.2, 0.25) is 6.29 Å². The highest BCUT2D eigenvalue weighted by atomic mass is 16.7. The Labute approximate surface area is 214 Å². The largest absolute Gasteiger partial charge is 0.485 e. The first-order chi connectivity index (χ1) is 17.5. The zero-order valence-electron chi connectivity index (χ0n) is 21.4. The van der Waals surface area contributed by atoms with Crippen molar-refractivity contribution in [2.24, 2.45) is 0 Å². The van der Waals surface area contributed by atoms with E-state index in [4.69, 9.17) is 14.2 Å². The quantitative estimate of drug-likeness (QED) is 0.470. The summed E-state index contributed by atoms with van der Waals surface area (Å²) in [6, 6.07) is 14.5. The monoisotopic (exact) mass is 497 g/mol. The van der Waals surface area contributed by atoms with E-state index in [1.54, 1.807) is 0 Å². The number of nitrogens with zero attached hydrogens (tertiary/aromatic N) is 1. The van der Waals surface area contributed by atoms with Gasteiger partial charge < -0.3 is 29.3 Å². The van der Waals surface area contributed by atoms with E-state index >= 15 is 0 Å². The van der Waals surface area contributed by atoms with Crippen LogP contribution in [0.25, 0.3) is 0 Å². The van der Waals surface area contributed by atoms with Crippen molar-refractivity contribution >= 4 is 5.97 Å². The van der Waals surface area contributed by atoms with Crippen LogP contribution in [-0.2, 0) is 29.0 Å². The standard InChI is InChI=1S/C29H39NO6/c1-3-14-30(15-4-2)22-11-12-24-21(16-22)10-13-25(34-19-20-8-6-5-7-9-20)28(24)36-27-18-23(31)17-26(35-27)29(32)33/h5-10,13,22-23,26-27,31H,3-4,11-12,14-19H2,1-2H3,(H,32,33). The predicted molar refractivity (Wildman–Crippen MR) is 137 cm³/mol. The van der Waals surface area contributed by atoms with Crippen molar-refractivity contribution in [3.63, 3.8) is 0 Å². The smallest absolute Gasteiger partial charge is 0.333 e. The average molecular weight is 498 g/mol. The fourth-order valence-electron chi connectivity index (χ4n) is 5.35. The van der Waals surface area contributed by atoms with Crippen molar-refractivity contribution in [1.82, 2.24) is 4.90 Å². The second-order valence-corrected chi connectivity index (χ2v) is 9.87. The van der Waals surface area contributed by atoms with Gasteiger partial charge in [-0.15, -0.1) is 0 Å². The summed E-state index contributed by atoms with van der Waals surface area (Å²) in [5.41, 5.74) is 3.38. The number of hydrogen-bond donors (Lipinski definition) is 2. The number of aliphatic hydroxyl groups is 1. The normalized spacial score (nSPS) is 23.8. The first kappa shape index (κ1) is 26.5. The number of aliphatic carboxylic acids is 1. The maximum atomic E-state index is 11.5.